The van der Waals surface area contributed by atoms with E-state index in [4.69, 9.17) is 5.26 Å². The van der Waals surface area contributed by atoms with Gasteiger partial charge in [0.15, 0.2) is 0 Å². The standard InChI is InChI=1S/C8H4F2N/c1-5-2-7(9)6(4-11)8(10)3-5/h2-3H,1H2. The normalized spacial score (nSPS) is 9.27. The van der Waals surface area contributed by atoms with Crippen LogP contribution in [0, 0.1) is 29.9 Å². The highest BCUT2D eigenvalue weighted by atomic mass is 19.1. The van der Waals surface area contributed by atoms with Crippen molar-refractivity contribution in [2.45, 2.75) is 0 Å². The van der Waals surface area contributed by atoms with Gasteiger partial charge in [-0.05, 0) is 24.6 Å². The lowest BCUT2D eigenvalue weighted by Gasteiger charge is -1.96. The number of hydrogen-bond donors (Lipinski definition) is 0. The third-order valence-corrected chi connectivity index (χ3v) is 1.21. The van der Waals surface area contributed by atoms with E-state index in [2.05, 4.69) is 6.92 Å². The minimum absolute atomic E-state index is 0.221. The Morgan fingerprint density at radius 2 is 1.73 bits per heavy atom. The second-order valence-corrected chi connectivity index (χ2v) is 2.05. The summed E-state index contributed by atoms with van der Waals surface area (Å²) < 4.78 is 25.2. The molecule has 0 heterocycles. The largest absolute Gasteiger partial charge is 0.205 e. The van der Waals surface area contributed by atoms with Gasteiger partial charge < -0.3 is 0 Å². The first-order valence-electron chi connectivity index (χ1n) is 2.86. The first-order chi connectivity index (χ1) is 5.15. The van der Waals surface area contributed by atoms with Crippen LogP contribution in [0.2, 0.25) is 0 Å². The fourth-order valence-corrected chi connectivity index (χ4v) is 0.732. The van der Waals surface area contributed by atoms with E-state index < -0.39 is 17.2 Å². The molecule has 0 fully saturated rings. The molecule has 3 heteroatoms. The van der Waals surface area contributed by atoms with E-state index in [1.54, 1.807) is 0 Å². The van der Waals surface area contributed by atoms with Gasteiger partial charge in [-0.3, -0.25) is 0 Å². The van der Waals surface area contributed by atoms with Crippen molar-refractivity contribution in [2.24, 2.45) is 0 Å². The second kappa shape index (κ2) is 2.67. The molecule has 1 radical (unpaired) electrons. The first kappa shape index (κ1) is 7.67. The summed E-state index contributed by atoms with van der Waals surface area (Å²) >= 11 is 0. The molecule has 1 aromatic carbocycles. The smallest absolute Gasteiger partial charge is 0.144 e. The zero-order valence-corrected chi connectivity index (χ0v) is 5.56. The summed E-state index contributed by atoms with van der Waals surface area (Å²) in [7, 11) is 0. The molecule has 0 amide bonds. The molecule has 0 aromatic heterocycles. The number of nitrogens with zero attached hydrogens (tertiary/aromatic N) is 1. The van der Waals surface area contributed by atoms with Gasteiger partial charge in [-0.25, -0.2) is 8.78 Å². The average molecular weight is 152 g/mol. The number of nitriles is 1. The van der Waals surface area contributed by atoms with Gasteiger partial charge in [0.1, 0.15) is 23.3 Å². The number of benzene rings is 1. The van der Waals surface area contributed by atoms with Crippen LogP contribution in [0.3, 0.4) is 0 Å². The summed E-state index contributed by atoms with van der Waals surface area (Å²) in [6, 6.07) is 3.44. The summed E-state index contributed by atoms with van der Waals surface area (Å²) in [5, 5.41) is 8.24. The first-order valence-corrected chi connectivity index (χ1v) is 2.86. The lowest BCUT2D eigenvalue weighted by atomic mass is 10.1. The van der Waals surface area contributed by atoms with Crippen LogP contribution in [-0.4, -0.2) is 0 Å². The molecule has 0 saturated heterocycles. The van der Waals surface area contributed by atoms with Gasteiger partial charge >= 0.3 is 0 Å². The van der Waals surface area contributed by atoms with Gasteiger partial charge in [0.25, 0.3) is 0 Å². The summed E-state index contributed by atoms with van der Waals surface area (Å²) in [6.07, 6.45) is 0. The highest BCUT2D eigenvalue weighted by molar-refractivity contribution is 5.35. The van der Waals surface area contributed by atoms with Gasteiger partial charge in [0.05, 0.1) is 0 Å². The molecule has 1 rings (SSSR count). The van der Waals surface area contributed by atoms with Crippen molar-refractivity contribution < 1.29 is 8.78 Å². The Labute approximate surface area is 62.9 Å². The monoisotopic (exact) mass is 152 g/mol. The molecule has 0 spiro atoms. The molecule has 0 N–H and O–H groups in total. The third-order valence-electron chi connectivity index (χ3n) is 1.21. The van der Waals surface area contributed by atoms with Crippen molar-refractivity contribution >= 4 is 0 Å². The Kier molecular flexibility index (Phi) is 1.86. The van der Waals surface area contributed by atoms with Crippen molar-refractivity contribution in [1.82, 2.24) is 0 Å². The Morgan fingerprint density at radius 1 is 1.27 bits per heavy atom. The maximum Gasteiger partial charge on any atom is 0.144 e. The molecule has 1 nitrogen and oxygen atoms in total. The van der Waals surface area contributed by atoms with Crippen LogP contribution in [-0.2, 0) is 0 Å². The number of rotatable bonds is 0. The molecule has 0 unspecified atom stereocenters. The molecular formula is C8H4F2N. The predicted octanol–water partition coefficient (Wildman–Crippen LogP) is 2.02. The molecule has 11 heavy (non-hydrogen) atoms. The van der Waals surface area contributed by atoms with E-state index in [-0.39, 0.29) is 5.56 Å². The zero-order valence-electron chi connectivity index (χ0n) is 5.56. The molecule has 0 saturated carbocycles. The van der Waals surface area contributed by atoms with Gasteiger partial charge in [-0.1, -0.05) is 0 Å². The van der Waals surface area contributed by atoms with E-state index in [1.165, 1.54) is 6.07 Å². The topological polar surface area (TPSA) is 23.8 Å². The number of hydrogen-bond acceptors (Lipinski definition) is 1. The summed E-state index contributed by atoms with van der Waals surface area (Å²) in [5.41, 5.74) is -0.337. The fourth-order valence-electron chi connectivity index (χ4n) is 0.732. The van der Waals surface area contributed by atoms with E-state index >= 15 is 0 Å². The van der Waals surface area contributed by atoms with Crippen LogP contribution in [0.5, 0.6) is 0 Å². The Balaban J connectivity index is 3.40. The molecule has 0 aliphatic heterocycles. The van der Waals surface area contributed by atoms with Crippen LogP contribution >= 0.6 is 0 Å². The van der Waals surface area contributed by atoms with Crippen molar-refractivity contribution in [1.29, 1.82) is 5.26 Å². The molecule has 0 aliphatic carbocycles. The lowest BCUT2D eigenvalue weighted by Crippen LogP contribution is -1.90. The number of halogens is 2. The average Bonchev–Trinajstić information content (AvgIpc) is 1.85. The Hall–Kier alpha value is -1.43. The van der Waals surface area contributed by atoms with Crippen molar-refractivity contribution in [3.63, 3.8) is 0 Å². The van der Waals surface area contributed by atoms with Crippen molar-refractivity contribution in [3.8, 4) is 6.07 Å². The Bertz CT molecular complexity index is 302. The molecular weight excluding hydrogens is 148 g/mol. The van der Waals surface area contributed by atoms with E-state index in [9.17, 15) is 8.78 Å². The molecule has 0 atom stereocenters. The van der Waals surface area contributed by atoms with Crippen LogP contribution in [0.15, 0.2) is 12.1 Å². The van der Waals surface area contributed by atoms with Crippen LogP contribution in [0.25, 0.3) is 0 Å². The van der Waals surface area contributed by atoms with Gasteiger partial charge in [0.2, 0.25) is 0 Å². The second-order valence-electron chi connectivity index (χ2n) is 2.05. The van der Waals surface area contributed by atoms with Gasteiger partial charge in [-0.2, -0.15) is 5.26 Å². The fraction of sp³-hybridized carbons (Fsp3) is 0. The minimum Gasteiger partial charge on any atom is -0.205 e. The van der Waals surface area contributed by atoms with Crippen molar-refractivity contribution in [2.75, 3.05) is 0 Å². The van der Waals surface area contributed by atoms with E-state index in [0.717, 1.165) is 12.1 Å². The maximum atomic E-state index is 12.6. The third kappa shape index (κ3) is 1.35. The highest BCUT2D eigenvalue weighted by Crippen LogP contribution is 2.13. The maximum absolute atomic E-state index is 12.6. The molecule has 0 bridgehead atoms. The quantitative estimate of drug-likeness (QED) is 0.557. The van der Waals surface area contributed by atoms with E-state index in [1.807, 2.05) is 0 Å². The van der Waals surface area contributed by atoms with Crippen molar-refractivity contribution in [3.05, 3.63) is 41.8 Å². The van der Waals surface area contributed by atoms with Gasteiger partial charge in [0, 0.05) is 0 Å². The predicted molar refractivity (Wildman–Crippen MR) is 35.5 cm³/mol. The SMILES string of the molecule is [CH2]c1cc(F)c(C#N)c(F)c1. The van der Waals surface area contributed by atoms with Crippen LogP contribution in [0.4, 0.5) is 8.78 Å². The summed E-state index contributed by atoms with van der Waals surface area (Å²) in [4.78, 5) is 0. The lowest BCUT2D eigenvalue weighted by molar-refractivity contribution is 0.576. The molecule has 0 aliphatic rings. The molecule has 1 aromatic rings. The molecule has 55 valence electrons. The summed E-state index contributed by atoms with van der Waals surface area (Å²) in [5.74, 6) is -1.73. The van der Waals surface area contributed by atoms with Crippen LogP contribution in [0.1, 0.15) is 11.1 Å². The zero-order chi connectivity index (χ0) is 8.43. The Morgan fingerprint density at radius 3 is 2.09 bits per heavy atom. The van der Waals surface area contributed by atoms with Gasteiger partial charge in [-0.15, -0.1) is 0 Å². The minimum atomic E-state index is -0.863. The van der Waals surface area contributed by atoms with E-state index in [0.29, 0.717) is 0 Å². The summed E-state index contributed by atoms with van der Waals surface area (Å²) in [6.45, 7) is 3.33. The highest BCUT2D eigenvalue weighted by Gasteiger charge is 2.07. The van der Waals surface area contributed by atoms with Crippen LogP contribution < -0.4 is 0 Å².